The average Bonchev–Trinajstić information content (AvgIpc) is 2.61. The summed E-state index contributed by atoms with van der Waals surface area (Å²) in [6, 6.07) is 7.67. The Bertz CT molecular complexity index is 849. The standard InChI is InChI=1S/C21H28N2O3.2ClH/c1-2-15-3-4-19-18(9-15)16(10-20(25)26-19)12-23-13-17(24)11-21(14-23)5-7-22-8-6-21;;/h3-4,9-10,17,22,24H,2,5-8,11-14H2,1H3;2*1H. The van der Waals surface area contributed by atoms with Gasteiger partial charge >= 0.3 is 5.63 Å². The number of likely N-dealkylation sites (tertiary alicyclic amines) is 1. The Labute approximate surface area is 178 Å². The van der Waals surface area contributed by atoms with Crippen molar-refractivity contribution >= 4 is 35.8 Å². The van der Waals surface area contributed by atoms with Gasteiger partial charge in [0.05, 0.1) is 6.10 Å². The molecular weight excluding hydrogens is 399 g/mol. The highest BCUT2D eigenvalue weighted by Gasteiger charge is 2.40. The molecule has 1 spiro atoms. The number of benzene rings is 1. The maximum Gasteiger partial charge on any atom is 0.336 e. The SMILES string of the molecule is CCc1ccc2oc(=O)cc(CN3CC(O)CC4(CCNCC4)C3)c2c1.Cl.Cl. The zero-order chi connectivity index (χ0) is 18.1. The number of aliphatic hydroxyl groups excluding tert-OH is 1. The highest BCUT2D eigenvalue weighted by molar-refractivity contribution is 5.85. The minimum atomic E-state index is -0.300. The number of β-amino-alcohol motifs (C(OH)–C–C–N with tert-alkyl or cyclic N) is 1. The molecule has 7 heteroatoms. The molecule has 1 aromatic heterocycles. The zero-order valence-electron chi connectivity index (χ0n) is 16.3. The molecule has 2 aliphatic heterocycles. The molecule has 0 radical (unpaired) electrons. The van der Waals surface area contributed by atoms with Crippen LogP contribution in [0.2, 0.25) is 0 Å². The summed E-state index contributed by atoms with van der Waals surface area (Å²) >= 11 is 0. The van der Waals surface area contributed by atoms with E-state index in [1.807, 2.05) is 12.1 Å². The van der Waals surface area contributed by atoms with Crippen LogP contribution < -0.4 is 10.9 Å². The van der Waals surface area contributed by atoms with Gasteiger partial charge in [-0.1, -0.05) is 13.0 Å². The first-order chi connectivity index (χ1) is 12.6. The van der Waals surface area contributed by atoms with E-state index in [9.17, 15) is 9.90 Å². The molecule has 2 aromatic rings. The van der Waals surface area contributed by atoms with Crippen molar-refractivity contribution in [2.75, 3.05) is 26.2 Å². The molecule has 2 fully saturated rings. The summed E-state index contributed by atoms with van der Waals surface area (Å²) in [6.45, 7) is 6.52. The molecule has 2 N–H and O–H groups in total. The Morgan fingerprint density at radius 1 is 1.25 bits per heavy atom. The van der Waals surface area contributed by atoms with Crippen LogP contribution in [0.5, 0.6) is 0 Å². The quantitative estimate of drug-likeness (QED) is 0.734. The van der Waals surface area contributed by atoms with E-state index in [1.54, 1.807) is 6.07 Å². The van der Waals surface area contributed by atoms with Gasteiger partial charge in [-0.05, 0) is 67.4 Å². The van der Waals surface area contributed by atoms with E-state index in [1.165, 1.54) is 5.56 Å². The van der Waals surface area contributed by atoms with Gasteiger partial charge in [-0.2, -0.15) is 0 Å². The third-order valence-electron chi connectivity index (χ3n) is 6.06. The minimum absolute atomic E-state index is 0. The summed E-state index contributed by atoms with van der Waals surface area (Å²) in [5, 5.41) is 14.9. The number of hydrogen-bond acceptors (Lipinski definition) is 5. The third kappa shape index (κ3) is 4.89. The fourth-order valence-electron chi connectivity index (χ4n) is 4.77. The summed E-state index contributed by atoms with van der Waals surface area (Å²) in [5.74, 6) is 0. The average molecular weight is 429 g/mol. The lowest BCUT2D eigenvalue weighted by atomic mass is 9.72. The Kier molecular flexibility index (Phi) is 7.94. The zero-order valence-corrected chi connectivity index (χ0v) is 17.9. The van der Waals surface area contributed by atoms with Crippen LogP contribution >= 0.6 is 24.8 Å². The molecule has 156 valence electrons. The molecule has 2 saturated heterocycles. The topological polar surface area (TPSA) is 65.7 Å². The van der Waals surface area contributed by atoms with Crippen molar-refractivity contribution in [2.45, 2.75) is 45.3 Å². The predicted octanol–water partition coefficient (Wildman–Crippen LogP) is 3.14. The van der Waals surface area contributed by atoms with E-state index in [0.29, 0.717) is 18.7 Å². The second-order valence-electron chi connectivity index (χ2n) is 8.05. The molecule has 2 aliphatic rings. The number of nitrogens with one attached hydrogen (secondary N) is 1. The van der Waals surface area contributed by atoms with Crippen molar-refractivity contribution in [3.05, 3.63) is 45.8 Å². The van der Waals surface area contributed by atoms with E-state index in [0.717, 1.165) is 56.3 Å². The van der Waals surface area contributed by atoms with Gasteiger partial charge in [-0.15, -0.1) is 24.8 Å². The molecule has 0 aliphatic carbocycles. The lowest BCUT2D eigenvalue weighted by Crippen LogP contribution is -2.52. The molecule has 0 bridgehead atoms. The molecule has 1 unspecified atom stereocenters. The summed E-state index contributed by atoms with van der Waals surface area (Å²) in [6.07, 6.45) is 3.77. The normalized spacial score (nSPS) is 21.9. The van der Waals surface area contributed by atoms with Gasteiger partial charge in [0, 0.05) is 31.1 Å². The molecule has 3 heterocycles. The van der Waals surface area contributed by atoms with Crippen LogP contribution in [-0.4, -0.2) is 42.3 Å². The molecule has 1 atom stereocenters. The van der Waals surface area contributed by atoms with E-state index >= 15 is 0 Å². The predicted molar refractivity (Wildman–Crippen MR) is 117 cm³/mol. The summed E-state index contributed by atoms with van der Waals surface area (Å²) in [5.41, 5.74) is 2.79. The Morgan fingerprint density at radius 2 is 2.00 bits per heavy atom. The molecule has 5 nitrogen and oxygen atoms in total. The van der Waals surface area contributed by atoms with Gasteiger partial charge in [0.1, 0.15) is 5.58 Å². The highest BCUT2D eigenvalue weighted by Crippen LogP contribution is 2.38. The van der Waals surface area contributed by atoms with Crippen molar-refractivity contribution in [1.29, 1.82) is 0 Å². The molecular formula is C21H30Cl2N2O3. The van der Waals surface area contributed by atoms with Gasteiger partial charge in [0.25, 0.3) is 0 Å². The molecule has 4 rings (SSSR count). The number of aryl methyl sites for hydroxylation is 1. The number of hydrogen-bond donors (Lipinski definition) is 2. The van der Waals surface area contributed by atoms with Crippen LogP contribution in [0, 0.1) is 5.41 Å². The van der Waals surface area contributed by atoms with Gasteiger partial charge in [-0.3, -0.25) is 4.90 Å². The van der Waals surface area contributed by atoms with Crippen molar-refractivity contribution in [2.24, 2.45) is 5.41 Å². The Balaban J connectivity index is 0.00000140. The lowest BCUT2D eigenvalue weighted by molar-refractivity contribution is -0.0277. The second-order valence-corrected chi connectivity index (χ2v) is 8.05. The number of fused-ring (bicyclic) bond motifs is 1. The number of nitrogens with zero attached hydrogens (tertiary/aromatic N) is 1. The van der Waals surface area contributed by atoms with Crippen molar-refractivity contribution < 1.29 is 9.52 Å². The Morgan fingerprint density at radius 3 is 2.71 bits per heavy atom. The summed E-state index contributed by atoms with van der Waals surface area (Å²) < 4.78 is 5.39. The maximum atomic E-state index is 12.0. The van der Waals surface area contributed by atoms with E-state index in [2.05, 4.69) is 23.2 Å². The van der Waals surface area contributed by atoms with Crippen molar-refractivity contribution in [1.82, 2.24) is 10.2 Å². The maximum absolute atomic E-state index is 12.0. The fourth-order valence-corrected chi connectivity index (χ4v) is 4.77. The van der Waals surface area contributed by atoms with Gasteiger partial charge < -0.3 is 14.8 Å². The molecule has 1 aromatic carbocycles. The largest absolute Gasteiger partial charge is 0.423 e. The van der Waals surface area contributed by atoms with Crippen molar-refractivity contribution in [3.63, 3.8) is 0 Å². The first-order valence-corrected chi connectivity index (χ1v) is 9.74. The number of halogens is 2. The first kappa shape index (κ1) is 23.2. The number of aliphatic hydroxyl groups is 1. The van der Waals surface area contributed by atoms with E-state index in [-0.39, 0.29) is 42.0 Å². The molecule has 0 saturated carbocycles. The second kappa shape index (κ2) is 9.59. The van der Waals surface area contributed by atoms with Gasteiger partial charge in [0.2, 0.25) is 0 Å². The van der Waals surface area contributed by atoms with E-state index in [4.69, 9.17) is 4.42 Å². The van der Waals surface area contributed by atoms with E-state index < -0.39 is 0 Å². The summed E-state index contributed by atoms with van der Waals surface area (Å²) in [7, 11) is 0. The fraction of sp³-hybridized carbons (Fsp3) is 0.571. The van der Waals surface area contributed by atoms with Crippen LogP contribution in [0.25, 0.3) is 11.0 Å². The molecule has 0 amide bonds. The monoisotopic (exact) mass is 428 g/mol. The van der Waals surface area contributed by atoms with Gasteiger partial charge in [0.15, 0.2) is 0 Å². The highest BCUT2D eigenvalue weighted by atomic mass is 35.5. The summed E-state index contributed by atoms with van der Waals surface area (Å²) in [4.78, 5) is 14.3. The Hall–Kier alpha value is -1.11. The van der Waals surface area contributed by atoms with Crippen molar-refractivity contribution in [3.8, 4) is 0 Å². The van der Waals surface area contributed by atoms with Crippen LogP contribution in [0.3, 0.4) is 0 Å². The van der Waals surface area contributed by atoms with Crippen LogP contribution in [0.1, 0.15) is 37.3 Å². The van der Waals surface area contributed by atoms with Gasteiger partial charge in [-0.25, -0.2) is 4.79 Å². The van der Waals surface area contributed by atoms with Crippen LogP contribution in [0.4, 0.5) is 0 Å². The number of rotatable bonds is 3. The first-order valence-electron chi connectivity index (χ1n) is 9.74. The molecule has 28 heavy (non-hydrogen) atoms. The minimum Gasteiger partial charge on any atom is -0.423 e. The smallest absolute Gasteiger partial charge is 0.336 e. The van der Waals surface area contributed by atoms with Crippen LogP contribution in [-0.2, 0) is 13.0 Å². The third-order valence-corrected chi connectivity index (χ3v) is 6.06. The lowest BCUT2D eigenvalue weighted by Gasteiger charge is -2.47. The van der Waals surface area contributed by atoms with Crippen LogP contribution in [0.15, 0.2) is 33.5 Å². The number of piperidine rings is 2.